The number of nitrogens with zero attached hydrogens (tertiary/aromatic N) is 1. The molecule has 1 aromatic heterocycles. The first-order valence-corrected chi connectivity index (χ1v) is 4.37. The molecule has 0 bridgehead atoms. The summed E-state index contributed by atoms with van der Waals surface area (Å²) in [5, 5.41) is 8.72. The van der Waals surface area contributed by atoms with Gasteiger partial charge in [-0.3, -0.25) is 0 Å². The zero-order chi connectivity index (χ0) is 10.9. The highest BCUT2D eigenvalue weighted by Crippen LogP contribution is 2.07. The molecule has 0 unspecified atom stereocenters. The molecular formula is C9H13NO4. The summed E-state index contributed by atoms with van der Waals surface area (Å²) >= 11 is 0. The molecule has 0 aliphatic heterocycles. The molecule has 1 N–H and O–H groups in total. The van der Waals surface area contributed by atoms with Crippen LogP contribution >= 0.6 is 0 Å². The topological polar surface area (TPSA) is 72.4 Å². The lowest BCUT2D eigenvalue weighted by Gasteiger charge is -2.05. The summed E-state index contributed by atoms with van der Waals surface area (Å²) in [6.07, 6.45) is 0. The van der Waals surface area contributed by atoms with Crippen LogP contribution in [0.15, 0.2) is 9.32 Å². The molecule has 1 aromatic rings. The van der Waals surface area contributed by atoms with Crippen LogP contribution < -0.4 is 5.63 Å². The third-order valence-electron chi connectivity index (χ3n) is 1.88. The van der Waals surface area contributed by atoms with Crippen molar-refractivity contribution < 1.29 is 14.4 Å². The summed E-state index contributed by atoms with van der Waals surface area (Å²) < 4.78 is 6.13. The van der Waals surface area contributed by atoms with E-state index >= 15 is 0 Å². The van der Waals surface area contributed by atoms with Gasteiger partial charge >= 0.3 is 11.6 Å². The van der Waals surface area contributed by atoms with Gasteiger partial charge in [0, 0.05) is 0 Å². The van der Waals surface area contributed by atoms with Crippen LogP contribution in [0.1, 0.15) is 29.9 Å². The fourth-order valence-electron chi connectivity index (χ4n) is 1.23. The predicted octanol–water partition coefficient (Wildman–Crippen LogP) is 1.10. The van der Waals surface area contributed by atoms with E-state index in [1.807, 2.05) is 13.8 Å². The average Bonchev–Trinajstić information content (AvgIpc) is 2.25. The highest BCUT2D eigenvalue weighted by molar-refractivity contribution is 5.88. The van der Waals surface area contributed by atoms with Gasteiger partial charge in [0.05, 0.1) is 12.2 Å². The molecule has 0 spiro atoms. The van der Waals surface area contributed by atoms with Gasteiger partial charge in [0.1, 0.15) is 0 Å². The molecule has 0 aliphatic rings. The van der Waals surface area contributed by atoms with Crippen LogP contribution in [0, 0.1) is 12.8 Å². The minimum absolute atomic E-state index is 0.273. The van der Waals surface area contributed by atoms with Crippen molar-refractivity contribution in [2.75, 3.05) is 0 Å². The van der Waals surface area contributed by atoms with Crippen LogP contribution in [-0.4, -0.2) is 15.8 Å². The van der Waals surface area contributed by atoms with E-state index in [0.29, 0.717) is 18.2 Å². The summed E-state index contributed by atoms with van der Waals surface area (Å²) in [6, 6.07) is 0. The number of rotatable bonds is 3. The van der Waals surface area contributed by atoms with E-state index in [0.717, 1.165) is 0 Å². The molecule has 0 aromatic carbocycles. The zero-order valence-corrected chi connectivity index (χ0v) is 8.40. The van der Waals surface area contributed by atoms with Crippen molar-refractivity contribution in [3.05, 3.63) is 21.7 Å². The van der Waals surface area contributed by atoms with Crippen LogP contribution in [0.5, 0.6) is 0 Å². The molecule has 1 rings (SSSR count). The van der Waals surface area contributed by atoms with E-state index in [4.69, 9.17) is 9.63 Å². The second kappa shape index (κ2) is 3.69. The van der Waals surface area contributed by atoms with Gasteiger partial charge in [-0.1, -0.05) is 13.8 Å². The Labute approximate surface area is 80.9 Å². The third-order valence-corrected chi connectivity index (χ3v) is 1.88. The summed E-state index contributed by atoms with van der Waals surface area (Å²) in [5.41, 5.74) is -0.683. The summed E-state index contributed by atoms with van der Waals surface area (Å²) in [7, 11) is 0. The first-order valence-electron chi connectivity index (χ1n) is 4.37. The number of hydrogen-bond acceptors (Lipinski definition) is 3. The van der Waals surface area contributed by atoms with E-state index in [1.165, 1.54) is 4.74 Å². The van der Waals surface area contributed by atoms with Gasteiger partial charge in [-0.05, 0) is 12.8 Å². The number of carbonyl (C=O) groups is 1. The average molecular weight is 199 g/mol. The molecule has 14 heavy (non-hydrogen) atoms. The van der Waals surface area contributed by atoms with E-state index < -0.39 is 11.6 Å². The van der Waals surface area contributed by atoms with Gasteiger partial charge in [-0.15, -0.1) is 0 Å². The third kappa shape index (κ3) is 1.86. The van der Waals surface area contributed by atoms with Gasteiger partial charge in [0.15, 0.2) is 5.56 Å². The van der Waals surface area contributed by atoms with Gasteiger partial charge in [-0.2, -0.15) is 0 Å². The first kappa shape index (κ1) is 10.6. The maximum Gasteiger partial charge on any atom is 0.372 e. The van der Waals surface area contributed by atoms with E-state index in [9.17, 15) is 9.59 Å². The lowest BCUT2D eigenvalue weighted by Crippen LogP contribution is -2.10. The molecule has 5 nitrogen and oxygen atoms in total. The number of aromatic carboxylic acids is 1. The summed E-state index contributed by atoms with van der Waals surface area (Å²) in [6.45, 7) is 5.99. The van der Waals surface area contributed by atoms with Crippen molar-refractivity contribution in [2.24, 2.45) is 5.92 Å². The monoisotopic (exact) mass is 199 g/mol. The molecule has 0 amide bonds. The Morgan fingerprint density at radius 2 is 2.14 bits per heavy atom. The molecule has 0 saturated carbocycles. The van der Waals surface area contributed by atoms with Gasteiger partial charge < -0.3 is 9.63 Å². The normalized spacial score (nSPS) is 10.9. The van der Waals surface area contributed by atoms with Crippen molar-refractivity contribution in [2.45, 2.75) is 27.3 Å². The van der Waals surface area contributed by atoms with E-state index in [1.54, 1.807) is 6.92 Å². The fourth-order valence-corrected chi connectivity index (χ4v) is 1.23. The summed E-state index contributed by atoms with van der Waals surface area (Å²) in [4.78, 5) is 21.8. The van der Waals surface area contributed by atoms with Crippen LogP contribution in [0.2, 0.25) is 0 Å². The minimum atomic E-state index is -1.24. The van der Waals surface area contributed by atoms with Gasteiger partial charge in [0.2, 0.25) is 0 Å². The van der Waals surface area contributed by atoms with Crippen molar-refractivity contribution in [1.29, 1.82) is 0 Å². The highest BCUT2D eigenvalue weighted by atomic mass is 16.5. The number of aromatic nitrogens is 1. The van der Waals surface area contributed by atoms with Crippen LogP contribution in [0.25, 0.3) is 0 Å². The Morgan fingerprint density at radius 3 is 2.50 bits per heavy atom. The highest BCUT2D eigenvalue weighted by Gasteiger charge is 2.19. The predicted molar refractivity (Wildman–Crippen MR) is 49.5 cm³/mol. The molecule has 5 heteroatoms. The van der Waals surface area contributed by atoms with Crippen molar-refractivity contribution >= 4 is 5.97 Å². The van der Waals surface area contributed by atoms with Crippen molar-refractivity contribution in [1.82, 2.24) is 4.74 Å². The minimum Gasteiger partial charge on any atom is -0.477 e. The molecule has 1 heterocycles. The number of carboxylic acids is 1. The van der Waals surface area contributed by atoms with Crippen molar-refractivity contribution in [3.8, 4) is 0 Å². The Hall–Kier alpha value is -1.52. The van der Waals surface area contributed by atoms with Crippen LogP contribution in [0.4, 0.5) is 0 Å². The molecule has 0 radical (unpaired) electrons. The Kier molecular flexibility index (Phi) is 2.78. The summed E-state index contributed by atoms with van der Waals surface area (Å²) in [5.74, 6) is -0.940. The molecule has 0 atom stereocenters. The molecule has 0 aliphatic carbocycles. The van der Waals surface area contributed by atoms with Crippen molar-refractivity contribution in [3.63, 3.8) is 0 Å². The quantitative estimate of drug-likeness (QED) is 0.791. The molecular weight excluding hydrogens is 186 g/mol. The molecule has 0 saturated heterocycles. The number of carboxylic acid groups (broad SMARTS) is 1. The van der Waals surface area contributed by atoms with Gasteiger partial charge in [-0.25, -0.2) is 14.3 Å². The van der Waals surface area contributed by atoms with Gasteiger partial charge in [0.25, 0.3) is 0 Å². The second-order valence-electron chi connectivity index (χ2n) is 3.60. The zero-order valence-electron chi connectivity index (χ0n) is 8.40. The Balaban J connectivity index is 3.17. The van der Waals surface area contributed by atoms with E-state index in [-0.39, 0.29) is 5.56 Å². The molecule has 0 fully saturated rings. The SMILES string of the molecule is Cc1c(C(=O)O)c(=O)on1CC(C)C. The maximum atomic E-state index is 11.1. The first-order chi connectivity index (χ1) is 6.43. The lowest BCUT2D eigenvalue weighted by atomic mass is 10.2. The van der Waals surface area contributed by atoms with Crippen LogP contribution in [0.3, 0.4) is 0 Å². The van der Waals surface area contributed by atoms with Crippen LogP contribution in [-0.2, 0) is 6.54 Å². The molecule has 78 valence electrons. The fraction of sp³-hybridized carbons (Fsp3) is 0.556. The smallest absolute Gasteiger partial charge is 0.372 e. The largest absolute Gasteiger partial charge is 0.477 e. The standard InChI is InChI=1S/C9H13NO4/c1-5(2)4-10-6(3)7(8(11)12)9(13)14-10/h5H,4H2,1-3H3,(H,11,12). The lowest BCUT2D eigenvalue weighted by molar-refractivity contribution is 0.0693. The Morgan fingerprint density at radius 1 is 1.57 bits per heavy atom. The Bertz CT molecular complexity index is 399. The maximum absolute atomic E-state index is 11.1. The second-order valence-corrected chi connectivity index (χ2v) is 3.60. The number of hydrogen-bond donors (Lipinski definition) is 1. The van der Waals surface area contributed by atoms with E-state index in [2.05, 4.69) is 0 Å².